The van der Waals surface area contributed by atoms with E-state index in [-0.39, 0.29) is 10.6 Å². The van der Waals surface area contributed by atoms with Gasteiger partial charge in [-0.15, -0.1) is 0 Å². The summed E-state index contributed by atoms with van der Waals surface area (Å²) in [6.07, 6.45) is 0. The molecule has 0 spiro atoms. The number of rotatable bonds is 5. The summed E-state index contributed by atoms with van der Waals surface area (Å²) in [4.78, 5) is 0.171. The highest BCUT2D eigenvalue weighted by Crippen LogP contribution is 2.28. The number of nitrogens with zero attached hydrogens (tertiary/aromatic N) is 3. The van der Waals surface area contributed by atoms with E-state index >= 15 is 0 Å². The van der Waals surface area contributed by atoms with Gasteiger partial charge < -0.3 is 11.0 Å². The number of hydrogen-bond acceptors (Lipinski definition) is 3. The molecule has 7 heteroatoms. The Bertz CT molecular complexity index is 1030. The lowest BCUT2D eigenvalue weighted by Gasteiger charge is -2.15. The van der Waals surface area contributed by atoms with Crippen LogP contribution in [-0.4, -0.2) is 12.4 Å². The molecule has 0 radical (unpaired) electrons. The summed E-state index contributed by atoms with van der Waals surface area (Å²) in [6.45, 7) is 5.63. The van der Waals surface area contributed by atoms with E-state index in [2.05, 4.69) is 17.2 Å². The summed E-state index contributed by atoms with van der Waals surface area (Å²) >= 11 is 0. The average Bonchev–Trinajstić information content (AvgIpc) is 2.96. The van der Waals surface area contributed by atoms with Crippen molar-refractivity contribution in [1.29, 1.82) is 0 Å². The SMILES string of the molecule is C=C(NN=[N-])c1cc2ccccc2n1S(=O)(=O)c1ccc(C)cc1. The minimum absolute atomic E-state index is 0.171. The Morgan fingerprint density at radius 3 is 2.50 bits per heavy atom. The molecule has 2 aromatic carbocycles. The van der Waals surface area contributed by atoms with Crippen molar-refractivity contribution in [3.63, 3.8) is 0 Å². The zero-order valence-corrected chi connectivity index (χ0v) is 13.8. The zero-order chi connectivity index (χ0) is 17.3. The largest absolute Gasteiger partial charge is 0.385 e. The highest BCUT2D eigenvalue weighted by molar-refractivity contribution is 7.90. The Hall–Kier alpha value is -2.93. The van der Waals surface area contributed by atoms with Gasteiger partial charge in [0.05, 0.1) is 16.1 Å². The fourth-order valence-electron chi connectivity index (χ4n) is 2.53. The lowest BCUT2D eigenvalue weighted by molar-refractivity contribution is 0.588. The maximum Gasteiger partial charge on any atom is 0.268 e. The van der Waals surface area contributed by atoms with Gasteiger partial charge in [0.25, 0.3) is 10.0 Å². The summed E-state index contributed by atoms with van der Waals surface area (Å²) in [5.41, 5.74) is 13.0. The summed E-state index contributed by atoms with van der Waals surface area (Å²) in [5, 5.41) is 3.57. The van der Waals surface area contributed by atoms with Gasteiger partial charge in [0.2, 0.25) is 0 Å². The molecule has 1 N–H and O–H groups in total. The van der Waals surface area contributed by atoms with Crippen LogP contribution in [0.1, 0.15) is 11.3 Å². The number of aryl methyl sites for hydroxylation is 1. The Balaban J connectivity index is 2.30. The number of para-hydroxylation sites is 1. The van der Waals surface area contributed by atoms with Gasteiger partial charge in [-0.25, -0.2) is 12.4 Å². The van der Waals surface area contributed by atoms with E-state index in [4.69, 9.17) is 5.53 Å². The molecule has 122 valence electrons. The molecule has 0 atom stereocenters. The topological polar surface area (TPSA) is 85.8 Å². The molecule has 0 aliphatic rings. The van der Waals surface area contributed by atoms with Crippen molar-refractivity contribution in [2.24, 2.45) is 5.22 Å². The quantitative estimate of drug-likeness (QED) is 0.568. The molecular formula is C17H15N4O2S-. The van der Waals surface area contributed by atoms with Crippen LogP contribution in [0, 0.1) is 6.92 Å². The molecule has 0 amide bonds. The molecule has 0 bridgehead atoms. The summed E-state index contributed by atoms with van der Waals surface area (Å²) in [5.74, 6) is 0. The van der Waals surface area contributed by atoms with E-state index in [0.717, 1.165) is 10.9 Å². The van der Waals surface area contributed by atoms with E-state index in [0.29, 0.717) is 11.2 Å². The van der Waals surface area contributed by atoms with Crippen LogP contribution in [0.3, 0.4) is 0 Å². The Morgan fingerprint density at radius 1 is 1.17 bits per heavy atom. The summed E-state index contributed by atoms with van der Waals surface area (Å²) in [7, 11) is -3.84. The molecule has 0 aliphatic heterocycles. The monoisotopic (exact) mass is 339 g/mol. The first-order valence-corrected chi connectivity index (χ1v) is 8.61. The predicted octanol–water partition coefficient (Wildman–Crippen LogP) is 3.68. The maximum atomic E-state index is 13.2. The minimum Gasteiger partial charge on any atom is -0.385 e. The number of hydrogen-bond donors (Lipinski definition) is 1. The molecule has 0 fully saturated rings. The first-order valence-electron chi connectivity index (χ1n) is 7.17. The molecule has 0 unspecified atom stereocenters. The van der Waals surface area contributed by atoms with Crippen LogP contribution in [0.25, 0.3) is 22.1 Å². The number of nitrogens with one attached hydrogen (secondary N) is 1. The van der Waals surface area contributed by atoms with Crippen molar-refractivity contribution >= 4 is 26.6 Å². The van der Waals surface area contributed by atoms with Gasteiger partial charge in [0.15, 0.2) is 0 Å². The molecule has 6 nitrogen and oxygen atoms in total. The lowest BCUT2D eigenvalue weighted by atomic mass is 10.2. The van der Waals surface area contributed by atoms with Gasteiger partial charge in [-0.2, -0.15) is 0 Å². The van der Waals surface area contributed by atoms with Crippen LogP contribution in [0.5, 0.6) is 0 Å². The lowest BCUT2D eigenvalue weighted by Crippen LogP contribution is -2.17. The number of benzene rings is 2. The minimum atomic E-state index is -3.84. The first kappa shape index (κ1) is 15.9. The highest BCUT2D eigenvalue weighted by atomic mass is 32.2. The number of aromatic nitrogens is 1. The van der Waals surface area contributed by atoms with Crippen LogP contribution in [0.2, 0.25) is 0 Å². The third kappa shape index (κ3) is 2.59. The third-order valence-electron chi connectivity index (χ3n) is 3.72. The molecule has 24 heavy (non-hydrogen) atoms. The Labute approximate surface area is 140 Å². The Morgan fingerprint density at radius 2 is 1.83 bits per heavy atom. The van der Waals surface area contributed by atoms with E-state index < -0.39 is 10.0 Å². The molecule has 3 rings (SSSR count). The van der Waals surface area contributed by atoms with E-state index in [1.807, 2.05) is 19.1 Å². The second kappa shape index (κ2) is 5.93. The molecule has 0 aliphatic carbocycles. The highest BCUT2D eigenvalue weighted by Gasteiger charge is 2.23. The van der Waals surface area contributed by atoms with Gasteiger partial charge in [-0.05, 0) is 36.9 Å². The van der Waals surface area contributed by atoms with Gasteiger partial charge >= 0.3 is 0 Å². The summed E-state index contributed by atoms with van der Waals surface area (Å²) < 4.78 is 27.5. The van der Waals surface area contributed by atoms with Crippen molar-refractivity contribution in [2.45, 2.75) is 11.8 Å². The van der Waals surface area contributed by atoms with Gasteiger partial charge in [-0.3, -0.25) is 5.22 Å². The van der Waals surface area contributed by atoms with Gasteiger partial charge in [-0.1, -0.05) is 42.5 Å². The van der Waals surface area contributed by atoms with E-state index in [1.165, 1.54) is 3.97 Å². The van der Waals surface area contributed by atoms with E-state index in [1.54, 1.807) is 42.5 Å². The summed E-state index contributed by atoms with van der Waals surface area (Å²) in [6, 6.07) is 15.4. The van der Waals surface area contributed by atoms with Crippen molar-refractivity contribution < 1.29 is 8.42 Å². The normalized spacial score (nSPS) is 11.4. The smallest absolute Gasteiger partial charge is 0.268 e. The molecule has 0 saturated heterocycles. The second-order valence-electron chi connectivity index (χ2n) is 5.36. The van der Waals surface area contributed by atoms with Crippen LogP contribution >= 0.6 is 0 Å². The van der Waals surface area contributed by atoms with Crippen molar-refractivity contribution in [1.82, 2.24) is 9.40 Å². The van der Waals surface area contributed by atoms with Crippen LogP contribution in [0.4, 0.5) is 0 Å². The number of fused-ring (bicyclic) bond motifs is 1. The standard InChI is InChI=1S/C17H15N4O2S/c1-12-7-9-15(10-8-12)24(22,23)21-16-6-4-3-5-14(16)11-17(21)13(2)19-20-18/h3-11H,2H2,1H3,(H-,18,19)/q-1. The molecule has 0 saturated carbocycles. The molecular weight excluding hydrogens is 324 g/mol. The fourth-order valence-corrected chi connectivity index (χ4v) is 4.07. The molecule has 1 heterocycles. The molecule has 3 aromatic rings. The van der Waals surface area contributed by atoms with Crippen LogP contribution in [-0.2, 0) is 10.0 Å². The van der Waals surface area contributed by atoms with Crippen molar-refractivity contribution in [3.05, 3.63) is 78.0 Å². The van der Waals surface area contributed by atoms with Crippen LogP contribution in [0.15, 0.2) is 71.3 Å². The third-order valence-corrected chi connectivity index (χ3v) is 5.46. The van der Waals surface area contributed by atoms with Gasteiger partial charge in [0.1, 0.15) is 0 Å². The molecule has 1 aromatic heterocycles. The van der Waals surface area contributed by atoms with E-state index in [9.17, 15) is 8.42 Å². The fraction of sp³-hybridized carbons (Fsp3) is 0.0588. The zero-order valence-electron chi connectivity index (χ0n) is 13.0. The van der Waals surface area contributed by atoms with Crippen molar-refractivity contribution in [3.8, 4) is 0 Å². The first-order chi connectivity index (χ1) is 11.4. The average molecular weight is 339 g/mol. The second-order valence-corrected chi connectivity index (χ2v) is 7.15. The van der Waals surface area contributed by atoms with Crippen LogP contribution < -0.4 is 5.43 Å². The van der Waals surface area contributed by atoms with Crippen molar-refractivity contribution in [2.75, 3.05) is 0 Å². The predicted molar refractivity (Wildman–Crippen MR) is 93.7 cm³/mol. The Kier molecular flexibility index (Phi) is 3.94. The maximum absolute atomic E-state index is 13.2. The van der Waals surface area contributed by atoms with Gasteiger partial charge in [0, 0.05) is 5.39 Å².